The topological polar surface area (TPSA) is 63.2 Å². The SMILES string of the molecule is CCNc1nc(OCC(F)F)nc(N(C)C)n1. The predicted octanol–water partition coefficient (Wildman–Crippen LogP) is 1.01. The first-order chi connectivity index (χ1) is 8.02. The number of nitrogens with zero attached hydrogens (tertiary/aromatic N) is 4. The molecule has 0 radical (unpaired) electrons. The van der Waals surface area contributed by atoms with Crippen molar-refractivity contribution >= 4 is 11.9 Å². The summed E-state index contributed by atoms with van der Waals surface area (Å²) in [4.78, 5) is 13.5. The minimum Gasteiger partial charge on any atom is -0.457 e. The third-order valence-electron chi connectivity index (χ3n) is 1.68. The number of halogens is 2. The molecule has 8 heteroatoms. The Balaban J connectivity index is 2.87. The molecule has 17 heavy (non-hydrogen) atoms. The van der Waals surface area contributed by atoms with Gasteiger partial charge in [-0.2, -0.15) is 15.0 Å². The average Bonchev–Trinajstić information content (AvgIpc) is 2.26. The van der Waals surface area contributed by atoms with Gasteiger partial charge in [-0.05, 0) is 6.92 Å². The fourth-order valence-corrected chi connectivity index (χ4v) is 0.985. The first kappa shape index (κ1) is 13.3. The molecule has 1 rings (SSSR count). The molecule has 1 aromatic heterocycles. The first-order valence-corrected chi connectivity index (χ1v) is 5.11. The zero-order chi connectivity index (χ0) is 12.8. The van der Waals surface area contributed by atoms with E-state index in [0.717, 1.165) is 0 Å². The zero-order valence-corrected chi connectivity index (χ0v) is 9.94. The van der Waals surface area contributed by atoms with Crippen LogP contribution in [0.5, 0.6) is 6.01 Å². The summed E-state index contributed by atoms with van der Waals surface area (Å²) in [6.45, 7) is 1.76. The van der Waals surface area contributed by atoms with E-state index in [1.54, 1.807) is 19.0 Å². The molecule has 0 aliphatic carbocycles. The summed E-state index contributed by atoms with van der Waals surface area (Å²) in [6.07, 6.45) is -2.56. The Labute approximate surface area is 98.0 Å². The summed E-state index contributed by atoms with van der Waals surface area (Å²) in [6, 6.07) is -0.111. The highest BCUT2D eigenvalue weighted by Gasteiger charge is 2.11. The lowest BCUT2D eigenvalue weighted by atomic mass is 10.7. The minimum atomic E-state index is -2.56. The second kappa shape index (κ2) is 6.12. The lowest BCUT2D eigenvalue weighted by Gasteiger charge is -2.13. The molecule has 0 spiro atoms. The van der Waals surface area contributed by atoms with Crippen LogP contribution in [0.2, 0.25) is 0 Å². The predicted molar refractivity (Wildman–Crippen MR) is 59.8 cm³/mol. The molecule has 96 valence electrons. The highest BCUT2D eigenvalue weighted by Crippen LogP contribution is 2.13. The molecule has 1 N–H and O–H groups in total. The smallest absolute Gasteiger partial charge is 0.323 e. The monoisotopic (exact) mass is 247 g/mol. The minimum absolute atomic E-state index is 0.111. The maximum atomic E-state index is 12.0. The molecular weight excluding hydrogens is 232 g/mol. The Hall–Kier alpha value is -1.73. The fraction of sp³-hybridized carbons (Fsp3) is 0.667. The van der Waals surface area contributed by atoms with Crippen LogP contribution < -0.4 is 15.0 Å². The fourth-order valence-electron chi connectivity index (χ4n) is 0.985. The number of rotatable bonds is 6. The van der Waals surface area contributed by atoms with Crippen LogP contribution in [0.15, 0.2) is 0 Å². The molecule has 0 saturated heterocycles. The highest BCUT2D eigenvalue weighted by atomic mass is 19.3. The maximum absolute atomic E-state index is 12.0. The number of anilines is 2. The van der Waals surface area contributed by atoms with Crippen LogP contribution in [-0.4, -0.2) is 48.6 Å². The van der Waals surface area contributed by atoms with E-state index in [1.165, 1.54) is 0 Å². The van der Waals surface area contributed by atoms with Crippen LogP contribution in [-0.2, 0) is 0 Å². The number of ether oxygens (including phenoxy) is 1. The van der Waals surface area contributed by atoms with Crippen molar-refractivity contribution in [2.24, 2.45) is 0 Å². The molecule has 1 aromatic rings. The molecule has 6 nitrogen and oxygen atoms in total. The van der Waals surface area contributed by atoms with Gasteiger partial charge in [0.1, 0.15) is 0 Å². The molecule has 0 aromatic carbocycles. The van der Waals surface area contributed by atoms with Crippen molar-refractivity contribution in [1.82, 2.24) is 15.0 Å². The van der Waals surface area contributed by atoms with Crippen molar-refractivity contribution in [1.29, 1.82) is 0 Å². The number of nitrogens with one attached hydrogen (secondary N) is 1. The van der Waals surface area contributed by atoms with E-state index in [9.17, 15) is 8.78 Å². The molecular formula is C9H15F2N5O. The Kier molecular flexibility index (Phi) is 4.80. The van der Waals surface area contributed by atoms with Gasteiger partial charge in [0.15, 0.2) is 6.61 Å². The molecule has 0 saturated carbocycles. The lowest BCUT2D eigenvalue weighted by molar-refractivity contribution is 0.0770. The van der Waals surface area contributed by atoms with E-state index < -0.39 is 13.0 Å². The first-order valence-electron chi connectivity index (χ1n) is 5.11. The van der Waals surface area contributed by atoms with Crippen molar-refractivity contribution in [3.05, 3.63) is 0 Å². The molecule has 0 bridgehead atoms. The van der Waals surface area contributed by atoms with E-state index in [0.29, 0.717) is 18.4 Å². The second-order valence-corrected chi connectivity index (χ2v) is 3.37. The molecule has 0 aliphatic rings. The van der Waals surface area contributed by atoms with Gasteiger partial charge in [-0.3, -0.25) is 0 Å². The molecule has 0 aliphatic heterocycles. The van der Waals surface area contributed by atoms with Crippen LogP contribution in [0.25, 0.3) is 0 Å². The average molecular weight is 247 g/mol. The highest BCUT2D eigenvalue weighted by molar-refractivity contribution is 5.36. The number of hydrogen-bond acceptors (Lipinski definition) is 6. The van der Waals surface area contributed by atoms with E-state index in [4.69, 9.17) is 4.74 Å². The number of aromatic nitrogens is 3. The van der Waals surface area contributed by atoms with E-state index >= 15 is 0 Å². The summed E-state index contributed by atoms with van der Waals surface area (Å²) >= 11 is 0. The van der Waals surface area contributed by atoms with Gasteiger partial charge in [0.25, 0.3) is 6.43 Å². The normalized spacial score (nSPS) is 10.5. The van der Waals surface area contributed by atoms with Gasteiger partial charge in [-0.1, -0.05) is 0 Å². The van der Waals surface area contributed by atoms with Crippen molar-refractivity contribution < 1.29 is 13.5 Å². The Morgan fingerprint density at radius 2 is 2.00 bits per heavy atom. The standard InChI is InChI=1S/C9H15F2N5O/c1-4-12-7-13-8(16(2)3)15-9(14-7)17-5-6(10)11/h6H,4-5H2,1-3H3,(H,12,13,14,15). The van der Waals surface area contributed by atoms with Crippen LogP contribution in [0.3, 0.4) is 0 Å². The Morgan fingerprint density at radius 1 is 1.29 bits per heavy atom. The molecule has 1 heterocycles. The molecule has 0 fully saturated rings. The van der Waals surface area contributed by atoms with Gasteiger partial charge in [-0.25, -0.2) is 8.78 Å². The number of hydrogen-bond donors (Lipinski definition) is 1. The summed E-state index contributed by atoms with van der Waals surface area (Å²) in [5.74, 6) is 0.649. The van der Waals surface area contributed by atoms with E-state index in [2.05, 4.69) is 20.3 Å². The van der Waals surface area contributed by atoms with Crippen molar-refractivity contribution in [3.63, 3.8) is 0 Å². The van der Waals surface area contributed by atoms with Gasteiger partial charge in [0.05, 0.1) is 0 Å². The van der Waals surface area contributed by atoms with Gasteiger partial charge in [0.2, 0.25) is 11.9 Å². The van der Waals surface area contributed by atoms with Crippen LogP contribution in [0, 0.1) is 0 Å². The summed E-state index contributed by atoms with van der Waals surface area (Å²) < 4.78 is 28.8. The van der Waals surface area contributed by atoms with Gasteiger partial charge in [0, 0.05) is 20.6 Å². The largest absolute Gasteiger partial charge is 0.457 e. The third kappa shape index (κ3) is 4.33. The van der Waals surface area contributed by atoms with Crippen LogP contribution >= 0.6 is 0 Å². The Bertz CT molecular complexity index is 361. The zero-order valence-electron chi connectivity index (χ0n) is 9.94. The Morgan fingerprint density at radius 3 is 2.53 bits per heavy atom. The van der Waals surface area contributed by atoms with Crippen molar-refractivity contribution in [2.75, 3.05) is 37.5 Å². The number of alkyl halides is 2. The van der Waals surface area contributed by atoms with Crippen molar-refractivity contribution in [3.8, 4) is 6.01 Å². The maximum Gasteiger partial charge on any atom is 0.323 e. The summed E-state index contributed by atoms with van der Waals surface area (Å²) in [7, 11) is 3.48. The summed E-state index contributed by atoms with van der Waals surface area (Å²) in [5, 5.41) is 2.87. The molecule has 0 atom stereocenters. The van der Waals surface area contributed by atoms with Gasteiger partial charge in [-0.15, -0.1) is 0 Å². The van der Waals surface area contributed by atoms with Gasteiger partial charge >= 0.3 is 6.01 Å². The van der Waals surface area contributed by atoms with Crippen molar-refractivity contribution in [2.45, 2.75) is 13.3 Å². The van der Waals surface area contributed by atoms with E-state index in [1.807, 2.05) is 6.92 Å². The van der Waals surface area contributed by atoms with Crippen LogP contribution in [0.1, 0.15) is 6.92 Å². The summed E-state index contributed by atoms with van der Waals surface area (Å²) in [5.41, 5.74) is 0. The van der Waals surface area contributed by atoms with Crippen LogP contribution in [0.4, 0.5) is 20.7 Å². The van der Waals surface area contributed by atoms with Gasteiger partial charge < -0.3 is 15.0 Å². The molecule has 0 unspecified atom stereocenters. The lowest BCUT2D eigenvalue weighted by Crippen LogP contribution is -2.17. The quantitative estimate of drug-likeness (QED) is 0.809. The molecule has 0 amide bonds. The third-order valence-corrected chi connectivity index (χ3v) is 1.68. The second-order valence-electron chi connectivity index (χ2n) is 3.37. The van der Waals surface area contributed by atoms with E-state index in [-0.39, 0.29) is 6.01 Å².